The van der Waals surface area contributed by atoms with Crippen molar-refractivity contribution in [3.05, 3.63) is 59.6 Å². The maximum atomic E-state index is 11.5. The van der Waals surface area contributed by atoms with Gasteiger partial charge in [0.05, 0.1) is 12.1 Å². The minimum Gasteiger partial charge on any atom is -0.461 e. The second-order valence-corrected chi connectivity index (χ2v) is 4.59. The van der Waals surface area contributed by atoms with Crippen molar-refractivity contribution in [2.45, 2.75) is 6.92 Å². The van der Waals surface area contributed by atoms with Crippen LogP contribution >= 0.6 is 0 Å². The second-order valence-electron chi connectivity index (χ2n) is 4.59. The molecule has 0 unspecified atom stereocenters. The number of hydrogen-bond acceptors (Lipinski definition) is 5. The van der Waals surface area contributed by atoms with Gasteiger partial charge in [0, 0.05) is 17.6 Å². The minimum atomic E-state index is -0.486. The molecule has 2 aromatic heterocycles. The average Bonchev–Trinajstić information content (AvgIpc) is 3.02. The van der Waals surface area contributed by atoms with E-state index in [1.165, 1.54) is 0 Å². The zero-order valence-corrected chi connectivity index (χ0v) is 12.0. The third-order valence-corrected chi connectivity index (χ3v) is 3.12. The van der Waals surface area contributed by atoms with Crippen molar-refractivity contribution in [3.8, 4) is 0 Å². The molecule has 3 rings (SSSR count). The number of esters is 1. The van der Waals surface area contributed by atoms with Crippen LogP contribution in [-0.4, -0.2) is 22.7 Å². The van der Waals surface area contributed by atoms with Gasteiger partial charge in [-0.3, -0.25) is 4.98 Å². The zero-order chi connectivity index (χ0) is 15.4. The number of fused-ring (bicyclic) bond motifs is 1. The molecule has 0 fully saturated rings. The summed E-state index contributed by atoms with van der Waals surface area (Å²) in [4.78, 5) is 15.8. The number of para-hydroxylation sites is 1. The fourth-order valence-electron chi connectivity index (χ4n) is 2.10. The van der Waals surface area contributed by atoms with E-state index in [1.807, 2.05) is 36.4 Å². The highest BCUT2D eigenvalue weighted by molar-refractivity contribution is 5.91. The highest BCUT2D eigenvalue weighted by Crippen LogP contribution is 2.19. The molecule has 5 heteroatoms. The average molecular weight is 294 g/mol. The summed E-state index contributed by atoms with van der Waals surface area (Å²) in [6, 6.07) is 11.4. The lowest BCUT2D eigenvalue weighted by Crippen LogP contribution is -2.04. The Kier molecular flexibility index (Phi) is 3.96. The number of hydrogen-bond donors (Lipinski definition) is 0. The third kappa shape index (κ3) is 2.88. The van der Waals surface area contributed by atoms with Crippen LogP contribution < -0.4 is 0 Å². The van der Waals surface area contributed by atoms with Gasteiger partial charge < -0.3 is 9.26 Å². The lowest BCUT2D eigenvalue weighted by atomic mass is 10.1. The number of aromatic nitrogens is 2. The Morgan fingerprint density at radius 2 is 2.14 bits per heavy atom. The number of rotatable bonds is 4. The SMILES string of the molecule is CCOC(=O)c1cc(/C=C\c2ccnc3ccccc23)on1. The number of carbonyl (C=O) groups is 1. The standard InChI is InChI=1S/C17H14N2O3/c1-2-21-17(20)16-11-13(22-19-16)8-7-12-9-10-18-15-6-4-3-5-14(12)15/h3-11H,2H2,1H3/b8-7-. The summed E-state index contributed by atoms with van der Waals surface area (Å²) in [5.74, 6) is 0.00390. The van der Waals surface area contributed by atoms with Gasteiger partial charge in [-0.15, -0.1) is 0 Å². The quantitative estimate of drug-likeness (QED) is 0.688. The highest BCUT2D eigenvalue weighted by atomic mass is 16.5. The van der Waals surface area contributed by atoms with Crippen molar-refractivity contribution in [2.24, 2.45) is 0 Å². The molecule has 5 nitrogen and oxygen atoms in total. The predicted molar refractivity (Wildman–Crippen MR) is 83.1 cm³/mol. The summed E-state index contributed by atoms with van der Waals surface area (Å²) < 4.78 is 9.98. The topological polar surface area (TPSA) is 65.2 Å². The molecule has 0 aliphatic heterocycles. The molecule has 0 bridgehead atoms. The smallest absolute Gasteiger partial charge is 0.360 e. The van der Waals surface area contributed by atoms with Gasteiger partial charge in [-0.25, -0.2) is 4.79 Å². The maximum absolute atomic E-state index is 11.5. The number of nitrogens with zero attached hydrogens (tertiary/aromatic N) is 2. The number of benzene rings is 1. The van der Waals surface area contributed by atoms with Gasteiger partial charge in [-0.2, -0.15) is 0 Å². The molecule has 1 aromatic carbocycles. The van der Waals surface area contributed by atoms with E-state index < -0.39 is 5.97 Å². The first-order valence-corrected chi connectivity index (χ1v) is 6.93. The van der Waals surface area contributed by atoms with Crippen molar-refractivity contribution in [1.82, 2.24) is 10.1 Å². The van der Waals surface area contributed by atoms with E-state index in [-0.39, 0.29) is 5.69 Å². The fourth-order valence-corrected chi connectivity index (χ4v) is 2.10. The monoisotopic (exact) mass is 294 g/mol. The van der Waals surface area contributed by atoms with Crippen LogP contribution in [0.2, 0.25) is 0 Å². The Bertz CT molecular complexity index is 831. The van der Waals surface area contributed by atoms with Crippen LogP contribution in [0.1, 0.15) is 28.7 Å². The van der Waals surface area contributed by atoms with E-state index in [1.54, 1.807) is 25.3 Å². The van der Waals surface area contributed by atoms with Crippen LogP contribution in [0.15, 0.2) is 47.1 Å². The van der Waals surface area contributed by atoms with E-state index >= 15 is 0 Å². The van der Waals surface area contributed by atoms with Gasteiger partial charge in [-0.1, -0.05) is 29.4 Å². The first-order valence-electron chi connectivity index (χ1n) is 6.93. The summed E-state index contributed by atoms with van der Waals surface area (Å²) in [6.07, 6.45) is 5.42. The van der Waals surface area contributed by atoms with E-state index in [2.05, 4.69) is 10.1 Å². The Hall–Kier alpha value is -2.95. The van der Waals surface area contributed by atoms with Crippen LogP contribution in [0.25, 0.3) is 23.1 Å². The zero-order valence-electron chi connectivity index (χ0n) is 12.0. The molecule has 0 spiro atoms. The van der Waals surface area contributed by atoms with Crippen LogP contribution in [-0.2, 0) is 4.74 Å². The third-order valence-electron chi connectivity index (χ3n) is 3.12. The second kappa shape index (κ2) is 6.22. The number of carbonyl (C=O) groups excluding carboxylic acids is 1. The molecule has 0 amide bonds. The molecular weight excluding hydrogens is 280 g/mol. The van der Waals surface area contributed by atoms with Crippen molar-refractivity contribution >= 4 is 29.0 Å². The van der Waals surface area contributed by atoms with E-state index in [0.717, 1.165) is 16.5 Å². The molecule has 3 aromatic rings. The lowest BCUT2D eigenvalue weighted by molar-refractivity contribution is 0.0514. The van der Waals surface area contributed by atoms with E-state index in [9.17, 15) is 4.79 Å². The summed E-state index contributed by atoms with van der Waals surface area (Å²) >= 11 is 0. The molecule has 0 aliphatic rings. The van der Waals surface area contributed by atoms with E-state index in [4.69, 9.17) is 9.26 Å². The van der Waals surface area contributed by atoms with Gasteiger partial charge in [0.15, 0.2) is 11.5 Å². The molecule has 22 heavy (non-hydrogen) atoms. The lowest BCUT2D eigenvalue weighted by Gasteiger charge is -1.99. The van der Waals surface area contributed by atoms with Crippen molar-refractivity contribution in [3.63, 3.8) is 0 Å². The Morgan fingerprint density at radius 3 is 3.00 bits per heavy atom. The summed E-state index contributed by atoms with van der Waals surface area (Å²) in [5.41, 5.74) is 2.11. The molecule has 0 saturated heterocycles. The fraction of sp³-hybridized carbons (Fsp3) is 0.118. The highest BCUT2D eigenvalue weighted by Gasteiger charge is 2.11. The Balaban J connectivity index is 1.86. The molecule has 0 radical (unpaired) electrons. The van der Waals surface area contributed by atoms with Crippen LogP contribution in [0.5, 0.6) is 0 Å². The van der Waals surface area contributed by atoms with Crippen LogP contribution in [0.4, 0.5) is 0 Å². The molecule has 2 heterocycles. The first kappa shape index (κ1) is 14.0. The van der Waals surface area contributed by atoms with Gasteiger partial charge in [-0.05, 0) is 30.7 Å². The predicted octanol–water partition coefficient (Wildman–Crippen LogP) is 3.57. The van der Waals surface area contributed by atoms with Crippen molar-refractivity contribution in [2.75, 3.05) is 6.61 Å². The van der Waals surface area contributed by atoms with Crippen LogP contribution in [0.3, 0.4) is 0 Å². The Labute approximate surface area is 127 Å². The minimum absolute atomic E-state index is 0.168. The normalized spacial score (nSPS) is 11.1. The summed E-state index contributed by atoms with van der Waals surface area (Å²) in [6.45, 7) is 2.05. The number of ether oxygens (including phenoxy) is 1. The summed E-state index contributed by atoms with van der Waals surface area (Å²) in [7, 11) is 0. The summed E-state index contributed by atoms with van der Waals surface area (Å²) in [5, 5.41) is 4.74. The molecule has 110 valence electrons. The maximum Gasteiger partial charge on any atom is 0.360 e. The molecule has 0 saturated carbocycles. The molecule has 0 atom stereocenters. The first-order chi connectivity index (χ1) is 10.8. The van der Waals surface area contributed by atoms with Gasteiger partial charge in [0.1, 0.15) is 0 Å². The molecule has 0 aliphatic carbocycles. The van der Waals surface area contributed by atoms with Crippen molar-refractivity contribution in [1.29, 1.82) is 0 Å². The van der Waals surface area contributed by atoms with Gasteiger partial charge in [0.2, 0.25) is 0 Å². The van der Waals surface area contributed by atoms with Crippen molar-refractivity contribution < 1.29 is 14.1 Å². The Morgan fingerprint density at radius 1 is 1.27 bits per heavy atom. The number of pyridine rings is 1. The molecular formula is C17H14N2O3. The molecule has 0 N–H and O–H groups in total. The van der Waals surface area contributed by atoms with Gasteiger partial charge >= 0.3 is 5.97 Å². The largest absolute Gasteiger partial charge is 0.461 e. The van der Waals surface area contributed by atoms with E-state index in [0.29, 0.717) is 12.4 Å². The van der Waals surface area contributed by atoms with Crippen LogP contribution in [0, 0.1) is 0 Å². The van der Waals surface area contributed by atoms with Gasteiger partial charge in [0.25, 0.3) is 0 Å².